The second-order valence-corrected chi connectivity index (χ2v) is 5.86. The zero-order valence-corrected chi connectivity index (χ0v) is 14.0. The fourth-order valence-corrected chi connectivity index (χ4v) is 2.91. The Hall–Kier alpha value is -3.94. The third-order valence-electron chi connectivity index (χ3n) is 4.11. The zero-order chi connectivity index (χ0) is 19.0. The van der Waals surface area contributed by atoms with Crippen LogP contribution in [0.15, 0.2) is 54.6 Å². The SMILES string of the molecule is O=C(O)CNC(=O)c1c(O)c2ccccc2c2nc(-c3ccccc3)nn12. The van der Waals surface area contributed by atoms with Crippen molar-refractivity contribution in [3.05, 3.63) is 60.3 Å². The van der Waals surface area contributed by atoms with E-state index in [1.807, 2.05) is 30.3 Å². The molecule has 0 radical (unpaired) electrons. The summed E-state index contributed by atoms with van der Waals surface area (Å²) < 4.78 is 1.25. The summed E-state index contributed by atoms with van der Waals surface area (Å²) in [6.45, 7) is -0.577. The molecule has 8 nitrogen and oxygen atoms in total. The van der Waals surface area contributed by atoms with E-state index in [9.17, 15) is 14.7 Å². The van der Waals surface area contributed by atoms with Gasteiger partial charge in [-0.3, -0.25) is 9.59 Å². The molecular formula is C19H14N4O4. The van der Waals surface area contributed by atoms with Crippen molar-refractivity contribution in [1.82, 2.24) is 19.9 Å². The summed E-state index contributed by atoms with van der Waals surface area (Å²) in [7, 11) is 0. The highest BCUT2D eigenvalue weighted by Gasteiger charge is 2.23. The number of benzene rings is 2. The molecule has 0 unspecified atom stereocenters. The van der Waals surface area contributed by atoms with Crippen molar-refractivity contribution in [2.75, 3.05) is 6.54 Å². The number of carbonyl (C=O) groups is 2. The van der Waals surface area contributed by atoms with Crippen molar-refractivity contribution >= 4 is 28.3 Å². The van der Waals surface area contributed by atoms with Crippen LogP contribution in [0.3, 0.4) is 0 Å². The zero-order valence-electron chi connectivity index (χ0n) is 14.0. The Morgan fingerprint density at radius 2 is 1.67 bits per heavy atom. The lowest BCUT2D eigenvalue weighted by Gasteiger charge is -2.10. The highest BCUT2D eigenvalue weighted by Crippen LogP contribution is 2.32. The molecule has 0 atom stereocenters. The predicted molar refractivity (Wildman–Crippen MR) is 97.6 cm³/mol. The molecular weight excluding hydrogens is 348 g/mol. The van der Waals surface area contributed by atoms with Crippen molar-refractivity contribution in [1.29, 1.82) is 0 Å². The van der Waals surface area contributed by atoms with E-state index in [1.54, 1.807) is 24.3 Å². The maximum absolute atomic E-state index is 12.6. The molecule has 0 aliphatic rings. The van der Waals surface area contributed by atoms with Crippen LogP contribution in [0, 0.1) is 0 Å². The van der Waals surface area contributed by atoms with Gasteiger partial charge in [0.15, 0.2) is 22.9 Å². The third-order valence-corrected chi connectivity index (χ3v) is 4.11. The number of nitrogens with one attached hydrogen (secondary N) is 1. The number of carboxylic acids is 1. The first kappa shape index (κ1) is 16.5. The molecule has 1 amide bonds. The second-order valence-electron chi connectivity index (χ2n) is 5.86. The molecule has 27 heavy (non-hydrogen) atoms. The summed E-state index contributed by atoms with van der Waals surface area (Å²) in [6, 6.07) is 16.2. The topological polar surface area (TPSA) is 117 Å². The average Bonchev–Trinajstić information content (AvgIpc) is 3.12. The van der Waals surface area contributed by atoms with Gasteiger partial charge in [0.25, 0.3) is 5.91 Å². The van der Waals surface area contributed by atoms with E-state index in [2.05, 4.69) is 15.4 Å². The highest BCUT2D eigenvalue weighted by molar-refractivity contribution is 6.07. The van der Waals surface area contributed by atoms with Crippen LogP contribution in [0.2, 0.25) is 0 Å². The van der Waals surface area contributed by atoms with Crippen LogP contribution in [-0.2, 0) is 4.79 Å². The molecule has 2 heterocycles. The Balaban J connectivity index is 1.99. The summed E-state index contributed by atoms with van der Waals surface area (Å²) in [5.74, 6) is -1.84. The standard InChI is InChI=1S/C19H14N4O4/c24-14(25)10-20-19(27)15-16(26)12-8-4-5-9-13(12)18-21-17(22-23(15)18)11-6-2-1-3-7-11/h1-9,26H,10H2,(H,20,27)(H,24,25). The normalized spacial score (nSPS) is 11.0. The van der Waals surface area contributed by atoms with E-state index in [0.29, 0.717) is 22.2 Å². The van der Waals surface area contributed by atoms with Gasteiger partial charge in [-0.1, -0.05) is 54.6 Å². The number of aliphatic carboxylic acids is 1. The molecule has 0 saturated carbocycles. The van der Waals surface area contributed by atoms with E-state index in [-0.39, 0.29) is 11.4 Å². The highest BCUT2D eigenvalue weighted by atomic mass is 16.4. The molecule has 0 bridgehead atoms. The first-order chi connectivity index (χ1) is 13.1. The number of rotatable bonds is 4. The van der Waals surface area contributed by atoms with Gasteiger partial charge in [0.05, 0.1) is 0 Å². The molecule has 4 rings (SSSR count). The Morgan fingerprint density at radius 3 is 2.37 bits per heavy atom. The third kappa shape index (κ3) is 2.82. The molecule has 0 aliphatic heterocycles. The van der Waals surface area contributed by atoms with Gasteiger partial charge in [0.2, 0.25) is 0 Å². The Kier molecular flexibility index (Phi) is 3.92. The van der Waals surface area contributed by atoms with Gasteiger partial charge in [0.1, 0.15) is 6.54 Å². The molecule has 3 N–H and O–H groups in total. The lowest BCUT2D eigenvalue weighted by molar-refractivity contribution is -0.135. The lowest BCUT2D eigenvalue weighted by atomic mass is 10.1. The van der Waals surface area contributed by atoms with Crippen LogP contribution >= 0.6 is 0 Å². The van der Waals surface area contributed by atoms with E-state index >= 15 is 0 Å². The van der Waals surface area contributed by atoms with Gasteiger partial charge in [-0.2, -0.15) is 0 Å². The molecule has 4 aromatic rings. The van der Waals surface area contributed by atoms with Crippen molar-refractivity contribution in [3.8, 4) is 17.1 Å². The van der Waals surface area contributed by atoms with Gasteiger partial charge in [-0.15, -0.1) is 5.10 Å². The van der Waals surface area contributed by atoms with Gasteiger partial charge in [0, 0.05) is 16.3 Å². The van der Waals surface area contributed by atoms with E-state index in [4.69, 9.17) is 5.11 Å². The molecule has 8 heteroatoms. The van der Waals surface area contributed by atoms with Crippen LogP contribution < -0.4 is 5.32 Å². The number of carboxylic acid groups (broad SMARTS) is 1. The summed E-state index contributed by atoms with van der Waals surface area (Å²) >= 11 is 0. The number of aromatic hydroxyl groups is 1. The van der Waals surface area contributed by atoms with Gasteiger partial charge >= 0.3 is 5.97 Å². The summed E-state index contributed by atoms with van der Waals surface area (Å²) in [4.78, 5) is 27.9. The smallest absolute Gasteiger partial charge is 0.322 e. The monoisotopic (exact) mass is 362 g/mol. The molecule has 0 fully saturated rings. The van der Waals surface area contributed by atoms with Crippen LogP contribution in [0.25, 0.3) is 27.8 Å². The van der Waals surface area contributed by atoms with Crippen molar-refractivity contribution in [2.24, 2.45) is 0 Å². The fourth-order valence-electron chi connectivity index (χ4n) is 2.91. The minimum Gasteiger partial charge on any atom is -0.505 e. The number of nitrogens with zero attached hydrogens (tertiary/aromatic N) is 3. The van der Waals surface area contributed by atoms with Gasteiger partial charge in [-0.05, 0) is 0 Å². The average molecular weight is 362 g/mol. The molecule has 2 aromatic heterocycles. The lowest BCUT2D eigenvalue weighted by Crippen LogP contribution is -2.31. The second kappa shape index (κ2) is 6.41. The maximum atomic E-state index is 12.6. The fraction of sp³-hybridized carbons (Fsp3) is 0.0526. The summed E-state index contributed by atoms with van der Waals surface area (Å²) in [5, 5.41) is 27.2. The van der Waals surface area contributed by atoms with E-state index in [0.717, 1.165) is 5.56 Å². The van der Waals surface area contributed by atoms with E-state index in [1.165, 1.54) is 4.52 Å². The number of pyridine rings is 1. The molecule has 0 spiro atoms. The van der Waals surface area contributed by atoms with Gasteiger partial charge < -0.3 is 15.5 Å². The first-order valence-electron chi connectivity index (χ1n) is 8.12. The predicted octanol–water partition coefficient (Wildman–Crippen LogP) is 2.07. The van der Waals surface area contributed by atoms with Crippen LogP contribution in [0.5, 0.6) is 5.75 Å². The first-order valence-corrected chi connectivity index (χ1v) is 8.12. The molecule has 0 saturated heterocycles. The van der Waals surface area contributed by atoms with Gasteiger partial charge in [-0.25, -0.2) is 9.50 Å². The molecule has 2 aromatic carbocycles. The minimum absolute atomic E-state index is 0.167. The number of aromatic nitrogens is 3. The number of carbonyl (C=O) groups excluding carboxylic acids is 1. The Labute approximate surface area is 152 Å². The summed E-state index contributed by atoms with van der Waals surface area (Å²) in [5.41, 5.74) is 0.976. The Bertz CT molecular complexity index is 1180. The number of fused-ring (bicyclic) bond motifs is 3. The van der Waals surface area contributed by atoms with Crippen molar-refractivity contribution in [3.63, 3.8) is 0 Å². The van der Waals surface area contributed by atoms with Crippen molar-refractivity contribution in [2.45, 2.75) is 0 Å². The number of hydrogen-bond donors (Lipinski definition) is 3. The van der Waals surface area contributed by atoms with Crippen molar-refractivity contribution < 1.29 is 19.8 Å². The number of hydrogen-bond acceptors (Lipinski definition) is 5. The quantitative estimate of drug-likeness (QED) is 0.512. The van der Waals surface area contributed by atoms with Crippen LogP contribution in [0.4, 0.5) is 0 Å². The van der Waals surface area contributed by atoms with Crippen LogP contribution in [0.1, 0.15) is 10.5 Å². The molecule has 134 valence electrons. The maximum Gasteiger partial charge on any atom is 0.322 e. The summed E-state index contributed by atoms with van der Waals surface area (Å²) in [6.07, 6.45) is 0. The Morgan fingerprint density at radius 1 is 1.00 bits per heavy atom. The molecule has 0 aliphatic carbocycles. The number of amides is 1. The largest absolute Gasteiger partial charge is 0.505 e. The van der Waals surface area contributed by atoms with Crippen LogP contribution in [-0.4, -0.2) is 43.2 Å². The van der Waals surface area contributed by atoms with E-state index < -0.39 is 18.4 Å². The minimum atomic E-state index is -1.19.